The zero-order valence-electron chi connectivity index (χ0n) is 9.16. The summed E-state index contributed by atoms with van der Waals surface area (Å²) in [7, 11) is 0. The van der Waals surface area contributed by atoms with Crippen molar-refractivity contribution in [3.63, 3.8) is 0 Å². The first-order chi connectivity index (χ1) is 6.81. The normalized spacial score (nSPS) is 9.87. The summed E-state index contributed by atoms with van der Waals surface area (Å²) in [5.41, 5.74) is 4.26. The molecule has 0 atom stereocenters. The van der Waals surface area contributed by atoms with Crippen LogP contribution in [0.3, 0.4) is 0 Å². The molecule has 3 nitrogen and oxygen atoms in total. The van der Waals surface area contributed by atoms with E-state index < -0.39 is 11.7 Å². The molecule has 2 N–H and O–H groups in total. The van der Waals surface area contributed by atoms with Gasteiger partial charge in [-0.15, -0.1) is 0 Å². The molecule has 1 aromatic carbocycles. The van der Waals surface area contributed by atoms with Gasteiger partial charge in [0, 0.05) is 0 Å². The molecule has 4 heteroatoms. The maximum atomic E-state index is 11.9. The third kappa shape index (κ3) is 10.3. The van der Waals surface area contributed by atoms with Crippen LogP contribution in [0.1, 0.15) is 20.8 Å². The van der Waals surface area contributed by atoms with Crippen molar-refractivity contribution in [1.82, 2.24) is 0 Å². The lowest BCUT2D eigenvalue weighted by molar-refractivity contribution is 0.0600. The monoisotopic (exact) mass is 213 g/mol. The van der Waals surface area contributed by atoms with Crippen molar-refractivity contribution < 1.29 is 13.9 Å². The Hall–Kier alpha value is -1.58. The zero-order valence-corrected chi connectivity index (χ0v) is 9.16. The highest BCUT2D eigenvalue weighted by Gasteiger charge is 2.12. The smallest absolute Gasteiger partial charge is 0.405 e. The largest absolute Gasteiger partial charge is 0.444 e. The molecule has 1 aromatic rings. The molecule has 0 aliphatic rings. The van der Waals surface area contributed by atoms with E-state index in [0.717, 1.165) is 0 Å². The Bertz CT molecular complexity index is 293. The van der Waals surface area contributed by atoms with E-state index in [9.17, 15) is 9.18 Å². The number of carbonyl (C=O) groups excluding carboxylic acids is 1. The van der Waals surface area contributed by atoms with E-state index in [1.54, 1.807) is 39.0 Å². The molecule has 0 saturated heterocycles. The highest BCUT2D eigenvalue weighted by atomic mass is 19.1. The van der Waals surface area contributed by atoms with Gasteiger partial charge in [-0.1, -0.05) is 18.2 Å². The van der Waals surface area contributed by atoms with Crippen molar-refractivity contribution in [2.45, 2.75) is 26.4 Å². The predicted molar refractivity (Wildman–Crippen MR) is 56.8 cm³/mol. The molecule has 1 rings (SSSR count). The van der Waals surface area contributed by atoms with Crippen LogP contribution in [0.25, 0.3) is 0 Å². The zero-order chi connectivity index (χ0) is 11.9. The van der Waals surface area contributed by atoms with E-state index in [1.807, 2.05) is 0 Å². The third-order valence-corrected chi connectivity index (χ3v) is 1.14. The minimum atomic E-state index is -0.725. The third-order valence-electron chi connectivity index (χ3n) is 1.14. The van der Waals surface area contributed by atoms with Crippen LogP contribution in [0.15, 0.2) is 30.3 Å². The van der Waals surface area contributed by atoms with E-state index in [0.29, 0.717) is 0 Å². The van der Waals surface area contributed by atoms with Gasteiger partial charge in [0.2, 0.25) is 0 Å². The molecule has 0 aromatic heterocycles. The number of hydrogen-bond donors (Lipinski definition) is 1. The Morgan fingerprint density at radius 3 is 1.87 bits per heavy atom. The molecule has 0 spiro atoms. The number of halogens is 1. The van der Waals surface area contributed by atoms with Gasteiger partial charge in [-0.3, -0.25) is 0 Å². The second-order valence-corrected chi connectivity index (χ2v) is 3.83. The Balaban J connectivity index is 0.000000262. The van der Waals surface area contributed by atoms with E-state index in [1.165, 1.54) is 12.1 Å². The number of amides is 1. The minimum absolute atomic E-state index is 0.178. The Morgan fingerprint density at radius 2 is 1.73 bits per heavy atom. The van der Waals surface area contributed by atoms with Crippen molar-refractivity contribution in [2.75, 3.05) is 0 Å². The average molecular weight is 213 g/mol. The molecule has 0 heterocycles. The van der Waals surface area contributed by atoms with Crippen molar-refractivity contribution in [3.05, 3.63) is 36.1 Å². The first kappa shape index (κ1) is 13.4. The van der Waals surface area contributed by atoms with E-state index in [2.05, 4.69) is 4.74 Å². The van der Waals surface area contributed by atoms with Gasteiger partial charge in [-0.25, -0.2) is 9.18 Å². The van der Waals surface area contributed by atoms with Gasteiger partial charge < -0.3 is 10.5 Å². The summed E-state index contributed by atoms with van der Waals surface area (Å²) in [6.45, 7) is 5.28. The Labute approximate surface area is 89.0 Å². The van der Waals surface area contributed by atoms with Gasteiger partial charge in [0.05, 0.1) is 0 Å². The van der Waals surface area contributed by atoms with E-state index in [-0.39, 0.29) is 5.82 Å². The highest BCUT2D eigenvalue weighted by Crippen LogP contribution is 2.04. The first-order valence-corrected chi connectivity index (χ1v) is 4.50. The second kappa shape index (κ2) is 6.01. The molecule has 0 radical (unpaired) electrons. The molecular weight excluding hydrogens is 197 g/mol. The fraction of sp³-hybridized carbons (Fsp3) is 0.364. The molecule has 0 fully saturated rings. The molecule has 15 heavy (non-hydrogen) atoms. The highest BCUT2D eigenvalue weighted by molar-refractivity contribution is 5.65. The molecule has 84 valence electrons. The number of primary amides is 1. The van der Waals surface area contributed by atoms with Crippen LogP contribution in [0.5, 0.6) is 0 Å². The van der Waals surface area contributed by atoms with Gasteiger partial charge in [-0.2, -0.15) is 0 Å². The standard InChI is InChI=1S/C6H5F.C5H11NO2/c7-6-4-2-1-3-5-6;1-5(2,3)8-4(6)7/h1-5H;1-3H3,(H2,6,7). The minimum Gasteiger partial charge on any atom is -0.444 e. The molecule has 0 aliphatic carbocycles. The topological polar surface area (TPSA) is 52.3 Å². The van der Waals surface area contributed by atoms with Crippen molar-refractivity contribution in [1.29, 1.82) is 0 Å². The fourth-order valence-corrected chi connectivity index (χ4v) is 0.716. The summed E-state index contributed by atoms with van der Waals surface area (Å²) in [5.74, 6) is -0.178. The van der Waals surface area contributed by atoms with Crippen LogP contribution in [-0.4, -0.2) is 11.7 Å². The summed E-state index contributed by atoms with van der Waals surface area (Å²) < 4.78 is 16.5. The number of rotatable bonds is 0. The van der Waals surface area contributed by atoms with Crippen molar-refractivity contribution >= 4 is 6.09 Å². The maximum Gasteiger partial charge on any atom is 0.405 e. The summed E-state index contributed by atoms with van der Waals surface area (Å²) >= 11 is 0. The lowest BCUT2D eigenvalue weighted by Crippen LogP contribution is -2.27. The van der Waals surface area contributed by atoms with Crippen LogP contribution in [-0.2, 0) is 4.74 Å². The van der Waals surface area contributed by atoms with Gasteiger partial charge >= 0.3 is 6.09 Å². The molecule has 0 saturated carbocycles. The summed E-state index contributed by atoms with van der Waals surface area (Å²) in [4.78, 5) is 10.0. The number of ether oxygens (including phenoxy) is 1. The number of nitrogens with two attached hydrogens (primary N) is 1. The van der Waals surface area contributed by atoms with Crippen LogP contribution >= 0.6 is 0 Å². The quantitative estimate of drug-likeness (QED) is 0.720. The lowest BCUT2D eigenvalue weighted by atomic mass is 10.2. The van der Waals surface area contributed by atoms with Gasteiger partial charge in [0.1, 0.15) is 11.4 Å². The van der Waals surface area contributed by atoms with Gasteiger partial charge in [0.15, 0.2) is 0 Å². The molecule has 0 bridgehead atoms. The molecule has 1 amide bonds. The molecule has 0 unspecified atom stereocenters. The fourth-order valence-electron chi connectivity index (χ4n) is 0.716. The Kier molecular flexibility index (Phi) is 5.37. The van der Waals surface area contributed by atoms with E-state index in [4.69, 9.17) is 5.73 Å². The average Bonchev–Trinajstić information content (AvgIpc) is 2.01. The molecular formula is C11H16FNO2. The SMILES string of the molecule is CC(C)(C)OC(N)=O.Fc1ccccc1. The number of hydrogen-bond acceptors (Lipinski definition) is 2. The van der Waals surface area contributed by atoms with E-state index >= 15 is 0 Å². The summed E-state index contributed by atoms with van der Waals surface area (Å²) in [5, 5.41) is 0. The lowest BCUT2D eigenvalue weighted by Gasteiger charge is -2.16. The van der Waals surface area contributed by atoms with Crippen molar-refractivity contribution in [2.24, 2.45) is 5.73 Å². The van der Waals surface area contributed by atoms with Crippen LogP contribution in [0.4, 0.5) is 9.18 Å². The Morgan fingerprint density at radius 1 is 1.27 bits per heavy atom. The van der Waals surface area contributed by atoms with Crippen molar-refractivity contribution in [3.8, 4) is 0 Å². The maximum absolute atomic E-state index is 11.9. The second-order valence-electron chi connectivity index (χ2n) is 3.83. The van der Waals surface area contributed by atoms with Gasteiger partial charge in [-0.05, 0) is 32.9 Å². The van der Waals surface area contributed by atoms with Crippen LogP contribution < -0.4 is 5.73 Å². The number of benzene rings is 1. The summed E-state index contributed by atoms with van der Waals surface area (Å²) in [6.07, 6.45) is -0.725. The summed E-state index contributed by atoms with van der Waals surface area (Å²) in [6, 6.07) is 7.94. The van der Waals surface area contributed by atoms with Crippen LogP contribution in [0.2, 0.25) is 0 Å². The van der Waals surface area contributed by atoms with Crippen LogP contribution in [0, 0.1) is 5.82 Å². The predicted octanol–water partition coefficient (Wildman–Crippen LogP) is 2.71. The number of carbonyl (C=O) groups is 1. The first-order valence-electron chi connectivity index (χ1n) is 4.50. The van der Waals surface area contributed by atoms with Gasteiger partial charge in [0.25, 0.3) is 0 Å². The molecule has 0 aliphatic heterocycles.